The highest BCUT2D eigenvalue weighted by atomic mass is 79.9. The molecule has 0 unspecified atom stereocenters. The molecule has 4 nitrogen and oxygen atoms in total. The zero-order chi connectivity index (χ0) is 13.1. The summed E-state index contributed by atoms with van der Waals surface area (Å²) >= 11 is 3.43. The second-order valence-electron chi connectivity index (χ2n) is 4.12. The van der Waals surface area contributed by atoms with E-state index in [0.29, 0.717) is 11.5 Å². The summed E-state index contributed by atoms with van der Waals surface area (Å²) in [5, 5.41) is 6.60. The van der Waals surface area contributed by atoms with Gasteiger partial charge >= 0.3 is 0 Å². The van der Waals surface area contributed by atoms with E-state index >= 15 is 0 Å². The lowest BCUT2D eigenvalue weighted by Crippen LogP contribution is -2.14. The minimum Gasteiger partial charge on any atom is -0.361 e. The lowest BCUT2D eigenvalue weighted by atomic mass is 10.2. The number of carbonyl (C=O) groups excluding carboxylic acids is 1. The zero-order valence-corrected chi connectivity index (χ0v) is 11.7. The molecule has 5 heteroatoms. The zero-order valence-electron chi connectivity index (χ0n) is 10.2. The highest BCUT2D eigenvalue weighted by Crippen LogP contribution is 2.20. The van der Waals surface area contributed by atoms with E-state index in [2.05, 4.69) is 26.4 Å². The molecule has 1 amide bonds. The maximum Gasteiger partial charge on any atom is 0.230 e. The topological polar surface area (TPSA) is 55.1 Å². The Kier molecular flexibility index (Phi) is 3.81. The first-order valence-electron chi connectivity index (χ1n) is 5.53. The molecule has 1 aromatic carbocycles. The summed E-state index contributed by atoms with van der Waals surface area (Å²) in [5.74, 6) is 0.593. The number of amides is 1. The summed E-state index contributed by atoms with van der Waals surface area (Å²) in [7, 11) is 0. The van der Waals surface area contributed by atoms with Gasteiger partial charge in [-0.25, -0.2) is 0 Å². The van der Waals surface area contributed by atoms with Gasteiger partial charge in [-0.2, -0.15) is 0 Å². The van der Waals surface area contributed by atoms with E-state index in [9.17, 15) is 4.79 Å². The number of benzene rings is 1. The Balaban J connectivity index is 2.00. The van der Waals surface area contributed by atoms with Crippen molar-refractivity contribution in [3.05, 3.63) is 45.8 Å². The van der Waals surface area contributed by atoms with Crippen LogP contribution in [0.15, 0.2) is 33.3 Å². The maximum absolute atomic E-state index is 11.8. The lowest BCUT2D eigenvalue weighted by molar-refractivity contribution is -0.115. The number of anilines is 1. The van der Waals surface area contributed by atoms with Crippen LogP contribution in [-0.4, -0.2) is 11.1 Å². The van der Waals surface area contributed by atoms with Crippen molar-refractivity contribution in [2.75, 3.05) is 5.32 Å². The molecule has 2 aromatic rings. The number of nitrogens with zero attached hydrogens (tertiary/aromatic N) is 1. The van der Waals surface area contributed by atoms with E-state index in [1.807, 2.05) is 25.1 Å². The minimum absolute atomic E-state index is 0.112. The molecule has 1 aromatic heterocycles. The molecule has 94 valence electrons. The highest BCUT2D eigenvalue weighted by Gasteiger charge is 2.08. The van der Waals surface area contributed by atoms with Crippen molar-refractivity contribution in [3.63, 3.8) is 0 Å². The molecule has 0 saturated heterocycles. The predicted octanol–water partition coefficient (Wildman–Crippen LogP) is 3.24. The van der Waals surface area contributed by atoms with Gasteiger partial charge in [-0.3, -0.25) is 4.79 Å². The molecular formula is C13H13BrN2O2. The Morgan fingerprint density at radius 2 is 2.17 bits per heavy atom. The average molecular weight is 309 g/mol. The van der Waals surface area contributed by atoms with Crippen LogP contribution >= 0.6 is 15.9 Å². The third-order valence-corrected chi connectivity index (χ3v) is 3.33. The number of hydrogen-bond acceptors (Lipinski definition) is 3. The molecule has 0 spiro atoms. The Morgan fingerprint density at radius 3 is 2.78 bits per heavy atom. The van der Waals surface area contributed by atoms with Crippen LogP contribution < -0.4 is 5.32 Å². The molecule has 1 N–H and O–H groups in total. The first kappa shape index (κ1) is 12.8. The summed E-state index contributed by atoms with van der Waals surface area (Å²) in [6, 6.07) is 7.44. The number of aromatic nitrogens is 1. The van der Waals surface area contributed by atoms with Crippen LogP contribution in [0.4, 0.5) is 5.69 Å². The van der Waals surface area contributed by atoms with Crippen molar-refractivity contribution in [1.29, 1.82) is 0 Å². The third-order valence-electron chi connectivity index (χ3n) is 2.47. The standard InChI is InChI=1S/C13H13BrN2O2/c1-8-3-4-10(6-12(8)14)15-13(17)7-11-5-9(2)18-16-11/h3-6H,7H2,1-2H3,(H,15,17). The average Bonchev–Trinajstić information content (AvgIpc) is 2.69. The minimum atomic E-state index is -0.112. The largest absolute Gasteiger partial charge is 0.361 e. The van der Waals surface area contributed by atoms with Crippen LogP contribution in [-0.2, 0) is 11.2 Å². The van der Waals surface area contributed by atoms with Gasteiger partial charge in [-0.05, 0) is 31.5 Å². The van der Waals surface area contributed by atoms with Crippen LogP contribution in [0.1, 0.15) is 17.0 Å². The van der Waals surface area contributed by atoms with Gasteiger partial charge < -0.3 is 9.84 Å². The van der Waals surface area contributed by atoms with Gasteiger partial charge in [0.05, 0.1) is 12.1 Å². The van der Waals surface area contributed by atoms with Crippen LogP contribution in [0.3, 0.4) is 0 Å². The number of aryl methyl sites for hydroxylation is 2. The second kappa shape index (κ2) is 5.35. The molecule has 0 bridgehead atoms. The van der Waals surface area contributed by atoms with Crippen molar-refractivity contribution in [2.45, 2.75) is 20.3 Å². The quantitative estimate of drug-likeness (QED) is 0.947. The monoisotopic (exact) mass is 308 g/mol. The maximum atomic E-state index is 11.8. The van der Waals surface area contributed by atoms with Gasteiger partial charge in [0.15, 0.2) is 0 Å². The number of nitrogens with one attached hydrogen (secondary N) is 1. The van der Waals surface area contributed by atoms with Gasteiger partial charge in [0.2, 0.25) is 5.91 Å². The smallest absolute Gasteiger partial charge is 0.230 e. The fourth-order valence-corrected chi connectivity index (χ4v) is 1.92. The van der Waals surface area contributed by atoms with E-state index < -0.39 is 0 Å². The molecule has 0 fully saturated rings. The van der Waals surface area contributed by atoms with Crippen molar-refractivity contribution in [3.8, 4) is 0 Å². The van der Waals surface area contributed by atoms with Gasteiger partial charge in [0, 0.05) is 16.2 Å². The van der Waals surface area contributed by atoms with Crippen molar-refractivity contribution in [1.82, 2.24) is 5.16 Å². The van der Waals surface area contributed by atoms with Gasteiger partial charge in [-0.15, -0.1) is 0 Å². The van der Waals surface area contributed by atoms with Crippen LogP contribution in [0.25, 0.3) is 0 Å². The lowest BCUT2D eigenvalue weighted by Gasteiger charge is -2.05. The number of rotatable bonds is 3. The molecule has 0 radical (unpaired) electrons. The van der Waals surface area contributed by atoms with Gasteiger partial charge in [0.25, 0.3) is 0 Å². The molecule has 0 aliphatic heterocycles. The van der Waals surface area contributed by atoms with Crippen LogP contribution in [0.2, 0.25) is 0 Å². The Morgan fingerprint density at radius 1 is 1.39 bits per heavy atom. The summed E-state index contributed by atoms with van der Waals surface area (Å²) in [4.78, 5) is 11.8. The normalized spacial score (nSPS) is 10.4. The molecule has 0 saturated carbocycles. The second-order valence-corrected chi connectivity index (χ2v) is 4.97. The molecule has 18 heavy (non-hydrogen) atoms. The first-order valence-corrected chi connectivity index (χ1v) is 6.32. The van der Waals surface area contributed by atoms with Crippen molar-refractivity contribution in [2.24, 2.45) is 0 Å². The van der Waals surface area contributed by atoms with Gasteiger partial charge in [-0.1, -0.05) is 27.2 Å². The van der Waals surface area contributed by atoms with E-state index in [0.717, 1.165) is 15.7 Å². The summed E-state index contributed by atoms with van der Waals surface area (Å²) in [6.45, 7) is 3.79. The fraction of sp³-hybridized carbons (Fsp3) is 0.231. The van der Waals surface area contributed by atoms with Crippen LogP contribution in [0, 0.1) is 13.8 Å². The molecule has 2 rings (SSSR count). The molecule has 0 aliphatic rings. The molecular weight excluding hydrogens is 296 g/mol. The number of carbonyl (C=O) groups is 1. The third kappa shape index (κ3) is 3.20. The summed E-state index contributed by atoms with van der Waals surface area (Å²) in [5.41, 5.74) is 2.52. The van der Waals surface area contributed by atoms with E-state index in [-0.39, 0.29) is 12.3 Å². The highest BCUT2D eigenvalue weighted by molar-refractivity contribution is 9.10. The Hall–Kier alpha value is -1.62. The van der Waals surface area contributed by atoms with E-state index in [4.69, 9.17) is 4.52 Å². The molecule has 1 heterocycles. The number of hydrogen-bond donors (Lipinski definition) is 1. The molecule has 0 aliphatic carbocycles. The first-order chi connectivity index (χ1) is 8.54. The van der Waals surface area contributed by atoms with E-state index in [1.54, 1.807) is 13.0 Å². The fourth-order valence-electron chi connectivity index (χ4n) is 1.54. The summed E-state index contributed by atoms with van der Waals surface area (Å²) in [6.07, 6.45) is 0.211. The SMILES string of the molecule is Cc1cc(CC(=O)Nc2ccc(C)c(Br)c2)no1. The van der Waals surface area contributed by atoms with Gasteiger partial charge in [0.1, 0.15) is 5.76 Å². The van der Waals surface area contributed by atoms with E-state index in [1.165, 1.54) is 0 Å². The molecule has 0 atom stereocenters. The predicted molar refractivity (Wildman–Crippen MR) is 72.5 cm³/mol. The van der Waals surface area contributed by atoms with Crippen molar-refractivity contribution >= 4 is 27.5 Å². The van der Waals surface area contributed by atoms with Crippen LogP contribution in [0.5, 0.6) is 0 Å². The number of halogens is 1. The Labute approximate surface area is 113 Å². The Bertz CT molecular complexity index is 578. The summed E-state index contributed by atoms with van der Waals surface area (Å²) < 4.78 is 5.88. The van der Waals surface area contributed by atoms with Crippen molar-refractivity contribution < 1.29 is 9.32 Å².